The van der Waals surface area contributed by atoms with Crippen molar-refractivity contribution in [3.05, 3.63) is 42.0 Å². The molecule has 1 saturated heterocycles. The number of alkyl halides is 1. The lowest BCUT2D eigenvalue weighted by Crippen LogP contribution is -2.65. The molecule has 6 heteroatoms. The van der Waals surface area contributed by atoms with Gasteiger partial charge in [-0.15, -0.1) is 0 Å². The van der Waals surface area contributed by atoms with Gasteiger partial charge in [0, 0.05) is 11.8 Å². The van der Waals surface area contributed by atoms with Crippen molar-refractivity contribution >= 4 is 5.78 Å². The second-order valence-electron chi connectivity index (χ2n) is 11.5. The van der Waals surface area contributed by atoms with Crippen molar-refractivity contribution < 1.29 is 28.9 Å². The van der Waals surface area contributed by atoms with Crippen molar-refractivity contribution in [2.75, 3.05) is 6.61 Å². The van der Waals surface area contributed by atoms with Gasteiger partial charge in [0.2, 0.25) is 0 Å². The minimum atomic E-state index is -1.28. The van der Waals surface area contributed by atoms with Crippen LogP contribution in [-0.4, -0.2) is 46.3 Å². The SMILES string of the molecule is C[C@]12CCC(=O)C=C1[C@@H](F)C[C@@H]1[C@@H]2[C@@H](O)C[C@@]2(C)[C@H]1CC[C@]2(O)C1(Oc2ccccc2)CO1. The van der Waals surface area contributed by atoms with E-state index < -0.39 is 34.5 Å². The molecule has 9 atom stereocenters. The van der Waals surface area contributed by atoms with E-state index in [0.717, 1.165) is 6.42 Å². The lowest BCUT2D eigenvalue weighted by molar-refractivity contribution is -0.228. The van der Waals surface area contributed by atoms with Gasteiger partial charge in [0.05, 0.1) is 6.10 Å². The highest BCUT2D eigenvalue weighted by molar-refractivity contribution is 5.91. The molecule has 0 bridgehead atoms. The van der Waals surface area contributed by atoms with E-state index in [1.54, 1.807) is 0 Å². The number of carbonyl (C=O) groups is 1. The molecule has 1 heterocycles. The molecular formula is C27H33FO5. The van der Waals surface area contributed by atoms with Crippen molar-refractivity contribution in [1.29, 1.82) is 0 Å². The average molecular weight is 457 g/mol. The zero-order valence-corrected chi connectivity index (χ0v) is 19.3. The number of carbonyl (C=O) groups excluding carboxylic acids is 1. The van der Waals surface area contributed by atoms with Gasteiger partial charge in [-0.05, 0) is 79.1 Å². The highest BCUT2D eigenvalue weighted by atomic mass is 19.1. The summed E-state index contributed by atoms with van der Waals surface area (Å²) in [6.07, 6.45) is 2.54. The molecule has 33 heavy (non-hydrogen) atoms. The number of ketones is 1. The first-order valence-electron chi connectivity index (χ1n) is 12.3. The average Bonchev–Trinajstić information content (AvgIpc) is 3.50. The lowest BCUT2D eigenvalue weighted by Gasteiger charge is -2.61. The van der Waals surface area contributed by atoms with Crippen LogP contribution in [0, 0.1) is 28.6 Å². The zero-order valence-electron chi connectivity index (χ0n) is 19.3. The van der Waals surface area contributed by atoms with E-state index in [2.05, 4.69) is 0 Å². The quantitative estimate of drug-likeness (QED) is 0.673. The van der Waals surface area contributed by atoms with Crippen molar-refractivity contribution in [2.24, 2.45) is 28.6 Å². The third-order valence-corrected chi connectivity index (χ3v) is 10.1. The number of para-hydroxylation sites is 1. The van der Waals surface area contributed by atoms with Gasteiger partial charge in [-0.25, -0.2) is 4.39 Å². The van der Waals surface area contributed by atoms with Crippen LogP contribution in [0.25, 0.3) is 0 Å². The molecule has 2 N–H and O–H groups in total. The van der Waals surface area contributed by atoms with Crippen LogP contribution in [0.1, 0.15) is 52.4 Å². The maximum atomic E-state index is 15.5. The molecule has 0 spiro atoms. The van der Waals surface area contributed by atoms with E-state index in [1.807, 2.05) is 44.2 Å². The van der Waals surface area contributed by atoms with E-state index >= 15 is 4.39 Å². The number of hydrogen-bond donors (Lipinski definition) is 2. The van der Waals surface area contributed by atoms with Crippen molar-refractivity contribution in [1.82, 2.24) is 0 Å². The summed E-state index contributed by atoms with van der Waals surface area (Å²) in [5.41, 5.74) is -1.89. The van der Waals surface area contributed by atoms with Gasteiger partial charge >= 0.3 is 0 Å². The molecule has 178 valence electrons. The summed E-state index contributed by atoms with van der Waals surface area (Å²) < 4.78 is 27.6. The Bertz CT molecular complexity index is 1010. The molecular weight excluding hydrogens is 423 g/mol. The second kappa shape index (κ2) is 6.89. The largest absolute Gasteiger partial charge is 0.457 e. The number of aliphatic hydroxyl groups is 2. The number of halogens is 1. The van der Waals surface area contributed by atoms with Gasteiger partial charge in [-0.1, -0.05) is 32.0 Å². The summed E-state index contributed by atoms with van der Waals surface area (Å²) in [5.74, 6) is -0.646. The summed E-state index contributed by atoms with van der Waals surface area (Å²) in [7, 11) is 0. The van der Waals surface area contributed by atoms with E-state index in [-0.39, 0.29) is 23.5 Å². The molecule has 1 aromatic rings. The molecule has 5 nitrogen and oxygen atoms in total. The number of benzene rings is 1. The molecule has 4 fully saturated rings. The monoisotopic (exact) mass is 456 g/mol. The van der Waals surface area contributed by atoms with Crippen LogP contribution in [0.4, 0.5) is 4.39 Å². The smallest absolute Gasteiger partial charge is 0.264 e. The van der Waals surface area contributed by atoms with E-state index in [1.165, 1.54) is 6.08 Å². The summed E-state index contributed by atoms with van der Waals surface area (Å²) in [6, 6.07) is 9.37. The van der Waals surface area contributed by atoms with Gasteiger partial charge in [-0.2, -0.15) is 0 Å². The van der Waals surface area contributed by atoms with Crippen molar-refractivity contribution in [2.45, 2.75) is 76.0 Å². The summed E-state index contributed by atoms with van der Waals surface area (Å²) in [6.45, 7) is 4.36. The Morgan fingerprint density at radius 2 is 1.91 bits per heavy atom. The Labute approximate surface area is 194 Å². The van der Waals surface area contributed by atoms with Crippen LogP contribution < -0.4 is 4.74 Å². The highest BCUT2D eigenvalue weighted by Gasteiger charge is 2.77. The van der Waals surface area contributed by atoms with Crippen LogP contribution in [-0.2, 0) is 9.53 Å². The third kappa shape index (κ3) is 2.77. The Balaban J connectivity index is 1.36. The molecule has 1 unspecified atom stereocenters. The van der Waals surface area contributed by atoms with Crippen LogP contribution in [0.5, 0.6) is 5.75 Å². The second-order valence-corrected chi connectivity index (χ2v) is 11.5. The molecule has 0 radical (unpaired) electrons. The minimum absolute atomic E-state index is 0.0140. The maximum Gasteiger partial charge on any atom is 0.264 e. The molecule has 5 aliphatic rings. The molecule has 1 aliphatic heterocycles. The van der Waals surface area contributed by atoms with Crippen LogP contribution in [0.3, 0.4) is 0 Å². The number of ether oxygens (including phenoxy) is 2. The first-order valence-corrected chi connectivity index (χ1v) is 12.3. The van der Waals surface area contributed by atoms with Gasteiger partial charge in [0.25, 0.3) is 5.79 Å². The predicted molar refractivity (Wildman–Crippen MR) is 119 cm³/mol. The van der Waals surface area contributed by atoms with Gasteiger partial charge in [-0.3, -0.25) is 4.79 Å². The summed E-state index contributed by atoms with van der Waals surface area (Å²) in [5, 5.41) is 23.7. The van der Waals surface area contributed by atoms with Crippen LogP contribution in [0.15, 0.2) is 42.0 Å². The first kappa shape index (κ1) is 21.8. The standard InChI is InChI=1S/C27H33FO5/c1-24-10-8-16(29)12-20(24)21(28)13-18-19-9-11-26(31,25(19,2)14-22(30)23(18)24)27(15-32-27)33-17-6-4-3-5-7-17/h3-7,12,18-19,21-23,30-31H,8-11,13-15H2,1-2H3/t18-,19-,21-,22-,23+,24-,25-,26+,27?/m0/s1. The van der Waals surface area contributed by atoms with E-state index in [0.29, 0.717) is 50.0 Å². The normalized spacial score (nSPS) is 50.6. The molecule has 3 saturated carbocycles. The fraction of sp³-hybridized carbons (Fsp3) is 0.667. The maximum absolute atomic E-state index is 15.5. The Morgan fingerprint density at radius 3 is 2.61 bits per heavy atom. The van der Waals surface area contributed by atoms with Gasteiger partial charge < -0.3 is 19.7 Å². The molecule has 0 aromatic heterocycles. The first-order chi connectivity index (χ1) is 15.6. The molecule has 4 aliphatic carbocycles. The van der Waals surface area contributed by atoms with E-state index in [4.69, 9.17) is 9.47 Å². The molecule has 6 rings (SSSR count). The molecule has 1 aromatic carbocycles. The Kier molecular flexibility index (Phi) is 4.54. The van der Waals surface area contributed by atoms with Crippen molar-refractivity contribution in [3.63, 3.8) is 0 Å². The van der Waals surface area contributed by atoms with Crippen LogP contribution >= 0.6 is 0 Å². The number of hydrogen-bond acceptors (Lipinski definition) is 5. The Morgan fingerprint density at radius 1 is 1.18 bits per heavy atom. The Hall–Kier alpha value is -1.76. The topological polar surface area (TPSA) is 79.3 Å². The number of fused-ring (bicyclic) bond motifs is 5. The number of aliphatic hydroxyl groups excluding tert-OH is 1. The number of epoxide rings is 1. The third-order valence-electron chi connectivity index (χ3n) is 10.1. The number of rotatable bonds is 3. The van der Waals surface area contributed by atoms with Gasteiger partial charge in [0.15, 0.2) is 5.78 Å². The van der Waals surface area contributed by atoms with Crippen molar-refractivity contribution in [3.8, 4) is 5.75 Å². The lowest BCUT2D eigenvalue weighted by atomic mass is 9.45. The fourth-order valence-corrected chi connectivity index (χ4v) is 8.45. The zero-order chi connectivity index (χ0) is 23.2. The molecule has 0 amide bonds. The minimum Gasteiger partial charge on any atom is -0.457 e. The summed E-state index contributed by atoms with van der Waals surface area (Å²) in [4.78, 5) is 12.1. The van der Waals surface area contributed by atoms with E-state index in [9.17, 15) is 15.0 Å². The summed E-state index contributed by atoms with van der Waals surface area (Å²) >= 11 is 0. The highest BCUT2D eigenvalue weighted by Crippen LogP contribution is 2.70. The van der Waals surface area contributed by atoms with Crippen LogP contribution in [0.2, 0.25) is 0 Å². The number of allylic oxidation sites excluding steroid dienone is 1. The van der Waals surface area contributed by atoms with Gasteiger partial charge in [0.1, 0.15) is 24.1 Å². The fourth-order valence-electron chi connectivity index (χ4n) is 8.45. The predicted octanol–water partition coefficient (Wildman–Crippen LogP) is 3.97.